The first-order chi connectivity index (χ1) is 13.4. The van der Waals surface area contributed by atoms with Crippen molar-refractivity contribution in [3.8, 4) is 5.75 Å². The van der Waals surface area contributed by atoms with Crippen molar-refractivity contribution >= 4 is 28.5 Å². The molecule has 3 aromatic rings. The molecule has 7 heteroatoms. The number of esters is 1. The summed E-state index contributed by atoms with van der Waals surface area (Å²) in [5.74, 6) is -1.36. The molecule has 0 radical (unpaired) electrons. The highest BCUT2D eigenvalue weighted by atomic mass is 19.1. The third kappa shape index (κ3) is 4.25. The summed E-state index contributed by atoms with van der Waals surface area (Å²) < 4.78 is 23.9. The number of rotatable bonds is 5. The van der Waals surface area contributed by atoms with E-state index in [2.05, 4.69) is 15.0 Å². The summed E-state index contributed by atoms with van der Waals surface area (Å²) in [6, 6.07) is 10.8. The lowest BCUT2D eigenvalue weighted by atomic mass is 10.1. The Morgan fingerprint density at radius 3 is 2.57 bits per heavy atom. The van der Waals surface area contributed by atoms with Crippen LogP contribution in [0.1, 0.15) is 21.6 Å². The molecule has 0 atom stereocenters. The van der Waals surface area contributed by atoms with Crippen LogP contribution in [0.5, 0.6) is 5.75 Å². The summed E-state index contributed by atoms with van der Waals surface area (Å²) in [5, 5.41) is 3.10. The van der Waals surface area contributed by atoms with Crippen LogP contribution in [0.15, 0.2) is 42.5 Å². The Hall–Kier alpha value is -3.48. The zero-order chi connectivity index (χ0) is 20.3. The molecule has 28 heavy (non-hydrogen) atoms. The van der Waals surface area contributed by atoms with Gasteiger partial charge >= 0.3 is 5.97 Å². The van der Waals surface area contributed by atoms with Crippen LogP contribution in [0.3, 0.4) is 0 Å². The van der Waals surface area contributed by atoms with E-state index in [0.717, 1.165) is 11.1 Å². The lowest BCUT2D eigenvalue weighted by Gasteiger charge is -2.12. The van der Waals surface area contributed by atoms with Crippen molar-refractivity contribution in [3.05, 3.63) is 65.1 Å². The smallest absolute Gasteiger partial charge is 0.356 e. The number of aromatic nitrogens is 1. The number of carbonyl (C=O) groups is 2. The largest absolute Gasteiger partial charge is 0.483 e. The van der Waals surface area contributed by atoms with Crippen LogP contribution >= 0.6 is 0 Å². The fraction of sp³-hybridized carbons (Fsp3) is 0.190. The van der Waals surface area contributed by atoms with Crippen molar-refractivity contribution in [1.82, 2.24) is 4.98 Å². The highest BCUT2D eigenvalue weighted by Gasteiger charge is 2.15. The number of methoxy groups -OCH3 is 1. The molecule has 0 aliphatic rings. The lowest BCUT2D eigenvalue weighted by molar-refractivity contribution is -0.118. The standard InChI is InChI=1S/C21H19FN2O4/c1-12-4-6-15(8-13(12)2)23-20(25)11-28-19-10-18(21(26)27-3)24-17-7-5-14(22)9-16(17)19/h4-10H,11H2,1-3H3,(H,23,25). The molecular formula is C21H19FN2O4. The van der Waals surface area contributed by atoms with Crippen molar-refractivity contribution in [2.45, 2.75) is 13.8 Å². The molecule has 0 spiro atoms. The summed E-state index contributed by atoms with van der Waals surface area (Å²) in [4.78, 5) is 28.2. The normalized spacial score (nSPS) is 10.6. The van der Waals surface area contributed by atoms with Gasteiger partial charge < -0.3 is 14.8 Å². The molecule has 0 fully saturated rings. The minimum absolute atomic E-state index is 0.00572. The Labute approximate surface area is 161 Å². The summed E-state index contributed by atoms with van der Waals surface area (Å²) in [6.45, 7) is 3.62. The topological polar surface area (TPSA) is 77.5 Å². The van der Waals surface area contributed by atoms with E-state index in [-0.39, 0.29) is 24.0 Å². The second kappa shape index (κ2) is 8.04. The Kier molecular flexibility index (Phi) is 5.54. The average Bonchev–Trinajstić information content (AvgIpc) is 2.68. The number of ether oxygens (including phenoxy) is 2. The average molecular weight is 382 g/mol. The first-order valence-corrected chi connectivity index (χ1v) is 8.56. The van der Waals surface area contributed by atoms with Gasteiger partial charge in [-0.25, -0.2) is 14.2 Å². The minimum Gasteiger partial charge on any atom is -0.483 e. The first kappa shape index (κ1) is 19.3. The highest BCUT2D eigenvalue weighted by Crippen LogP contribution is 2.27. The van der Waals surface area contributed by atoms with Gasteiger partial charge in [0.15, 0.2) is 12.3 Å². The van der Waals surface area contributed by atoms with Crippen LogP contribution in [0.25, 0.3) is 10.9 Å². The highest BCUT2D eigenvalue weighted by molar-refractivity contribution is 5.95. The van der Waals surface area contributed by atoms with Gasteiger partial charge in [-0.1, -0.05) is 6.07 Å². The molecule has 6 nitrogen and oxygen atoms in total. The number of hydrogen-bond donors (Lipinski definition) is 1. The fourth-order valence-corrected chi connectivity index (χ4v) is 2.66. The van der Waals surface area contributed by atoms with Gasteiger partial charge in [0.2, 0.25) is 0 Å². The number of fused-ring (bicyclic) bond motifs is 1. The number of halogens is 1. The van der Waals surface area contributed by atoms with E-state index in [1.54, 1.807) is 6.07 Å². The second-order valence-corrected chi connectivity index (χ2v) is 6.29. The Morgan fingerprint density at radius 2 is 1.86 bits per heavy atom. The van der Waals surface area contributed by atoms with Gasteiger partial charge in [-0.3, -0.25) is 4.79 Å². The SMILES string of the molecule is COC(=O)c1cc(OCC(=O)Nc2ccc(C)c(C)c2)c2cc(F)ccc2n1. The van der Waals surface area contributed by atoms with Crippen LogP contribution in [-0.2, 0) is 9.53 Å². The monoisotopic (exact) mass is 382 g/mol. The number of pyridine rings is 1. The molecule has 0 saturated heterocycles. The zero-order valence-corrected chi connectivity index (χ0v) is 15.7. The molecule has 0 unspecified atom stereocenters. The van der Waals surface area contributed by atoms with E-state index in [9.17, 15) is 14.0 Å². The van der Waals surface area contributed by atoms with E-state index in [4.69, 9.17) is 4.74 Å². The number of aryl methyl sites for hydroxylation is 2. The molecule has 1 heterocycles. The second-order valence-electron chi connectivity index (χ2n) is 6.29. The number of benzene rings is 2. The summed E-state index contributed by atoms with van der Waals surface area (Å²) in [7, 11) is 1.23. The molecule has 1 aromatic heterocycles. The van der Waals surface area contributed by atoms with E-state index < -0.39 is 11.8 Å². The molecule has 144 valence electrons. The Balaban J connectivity index is 1.82. The number of anilines is 1. The first-order valence-electron chi connectivity index (χ1n) is 8.56. The van der Waals surface area contributed by atoms with Crippen LogP contribution in [0.2, 0.25) is 0 Å². The summed E-state index contributed by atoms with van der Waals surface area (Å²) >= 11 is 0. The molecule has 0 aliphatic carbocycles. The zero-order valence-electron chi connectivity index (χ0n) is 15.7. The molecule has 0 bridgehead atoms. The number of amides is 1. The maximum Gasteiger partial charge on any atom is 0.356 e. The van der Waals surface area contributed by atoms with Gasteiger partial charge in [-0.15, -0.1) is 0 Å². The van der Waals surface area contributed by atoms with Gasteiger partial charge in [0.05, 0.1) is 12.6 Å². The van der Waals surface area contributed by atoms with Crippen molar-refractivity contribution in [3.63, 3.8) is 0 Å². The van der Waals surface area contributed by atoms with Crippen molar-refractivity contribution in [1.29, 1.82) is 0 Å². The molecule has 0 aliphatic heterocycles. The van der Waals surface area contributed by atoms with Crippen LogP contribution in [0.4, 0.5) is 10.1 Å². The lowest BCUT2D eigenvalue weighted by Crippen LogP contribution is -2.20. The fourth-order valence-electron chi connectivity index (χ4n) is 2.66. The number of nitrogens with zero attached hydrogens (tertiary/aromatic N) is 1. The maximum atomic E-state index is 13.6. The number of nitrogens with one attached hydrogen (secondary N) is 1. The molecule has 3 rings (SSSR count). The van der Waals surface area contributed by atoms with Crippen LogP contribution < -0.4 is 10.1 Å². The van der Waals surface area contributed by atoms with Gasteiger partial charge in [0.25, 0.3) is 5.91 Å². The van der Waals surface area contributed by atoms with Gasteiger partial charge in [-0.2, -0.15) is 0 Å². The van der Waals surface area contributed by atoms with Gasteiger partial charge in [0, 0.05) is 17.1 Å². The van der Waals surface area contributed by atoms with Gasteiger partial charge in [-0.05, 0) is 55.3 Å². The Morgan fingerprint density at radius 1 is 1.07 bits per heavy atom. The van der Waals surface area contributed by atoms with Crippen molar-refractivity contribution in [2.24, 2.45) is 0 Å². The molecule has 0 saturated carbocycles. The molecular weight excluding hydrogens is 363 g/mol. The quantitative estimate of drug-likeness (QED) is 0.679. The minimum atomic E-state index is -0.657. The van der Waals surface area contributed by atoms with Crippen LogP contribution in [-0.4, -0.2) is 30.6 Å². The molecule has 1 N–H and O–H groups in total. The summed E-state index contributed by atoms with van der Waals surface area (Å²) in [6.07, 6.45) is 0. The third-order valence-electron chi connectivity index (χ3n) is 4.28. The predicted molar refractivity (Wildman–Crippen MR) is 103 cm³/mol. The molecule has 1 amide bonds. The third-order valence-corrected chi connectivity index (χ3v) is 4.28. The number of hydrogen-bond acceptors (Lipinski definition) is 5. The van der Waals surface area contributed by atoms with E-state index in [0.29, 0.717) is 16.6 Å². The maximum absolute atomic E-state index is 13.6. The number of carbonyl (C=O) groups excluding carboxylic acids is 2. The van der Waals surface area contributed by atoms with Crippen molar-refractivity contribution < 1.29 is 23.5 Å². The Bertz CT molecular complexity index is 1070. The van der Waals surface area contributed by atoms with E-state index in [1.807, 2.05) is 26.0 Å². The predicted octanol–water partition coefficient (Wildman–Crippen LogP) is 3.79. The van der Waals surface area contributed by atoms with E-state index in [1.165, 1.54) is 31.4 Å². The van der Waals surface area contributed by atoms with Crippen molar-refractivity contribution in [2.75, 3.05) is 19.0 Å². The van der Waals surface area contributed by atoms with E-state index >= 15 is 0 Å². The van der Waals surface area contributed by atoms with Gasteiger partial charge in [0.1, 0.15) is 11.6 Å². The summed E-state index contributed by atoms with van der Waals surface area (Å²) in [5.41, 5.74) is 3.18. The molecule has 2 aromatic carbocycles. The van der Waals surface area contributed by atoms with Crippen LogP contribution in [0, 0.1) is 19.7 Å².